The van der Waals surface area contributed by atoms with Crippen LogP contribution >= 0.6 is 0 Å². The van der Waals surface area contributed by atoms with E-state index in [1.165, 1.54) is 0 Å². The van der Waals surface area contributed by atoms with E-state index in [9.17, 15) is 9.59 Å². The molecule has 24 heavy (non-hydrogen) atoms. The van der Waals surface area contributed by atoms with Gasteiger partial charge in [-0.1, -0.05) is 38.0 Å². The molecule has 1 aliphatic heterocycles. The first-order valence-corrected chi connectivity index (χ1v) is 8.53. The minimum absolute atomic E-state index is 0.0382. The Bertz CT molecular complexity index is 754. The first-order chi connectivity index (χ1) is 11.6. The maximum absolute atomic E-state index is 13.2. The summed E-state index contributed by atoms with van der Waals surface area (Å²) >= 11 is 0. The van der Waals surface area contributed by atoms with E-state index in [0.29, 0.717) is 30.6 Å². The van der Waals surface area contributed by atoms with Crippen molar-refractivity contribution in [3.63, 3.8) is 0 Å². The number of unbranched alkanes of at least 4 members (excludes halogenated alkanes) is 1. The third kappa shape index (κ3) is 2.98. The van der Waals surface area contributed by atoms with E-state index in [0.717, 1.165) is 18.2 Å². The minimum Gasteiger partial charge on any atom is -0.342 e. The Morgan fingerprint density at radius 3 is 2.83 bits per heavy atom. The number of fused-ring (bicyclic) bond motifs is 1. The molecule has 5 nitrogen and oxygen atoms in total. The van der Waals surface area contributed by atoms with Gasteiger partial charge in [0.15, 0.2) is 0 Å². The van der Waals surface area contributed by atoms with E-state index in [2.05, 4.69) is 11.9 Å². The molecule has 1 aliphatic rings. The molecule has 2 amide bonds. The lowest BCUT2D eigenvalue weighted by Crippen LogP contribution is -2.57. The quantitative estimate of drug-likeness (QED) is 0.868. The van der Waals surface area contributed by atoms with Crippen LogP contribution in [0.15, 0.2) is 36.5 Å². The second-order valence-electron chi connectivity index (χ2n) is 6.30. The summed E-state index contributed by atoms with van der Waals surface area (Å²) in [5, 5.41) is 0.939. The van der Waals surface area contributed by atoms with Crippen LogP contribution in [0.2, 0.25) is 0 Å². The Kier molecular flexibility index (Phi) is 4.79. The molecule has 0 saturated carbocycles. The Morgan fingerprint density at radius 1 is 1.25 bits per heavy atom. The average molecular weight is 325 g/mol. The van der Waals surface area contributed by atoms with Crippen molar-refractivity contribution in [2.45, 2.75) is 32.2 Å². The number of rotatable bonds is 4. The van der Waals surface area contributed by atoms with Crippen molar-refractivity contribution in [2.75, 3.05) is 20.1 Å². The number of carbonyl (C=O) groups excluding carboxylic acids is 2. The van der Waals surface area contributed by atoms with E-state index in [1.54, 1.807) is 22.1 Å². The molecule has 2 aromatic rings. The summed E-state index contributed by atoms with van der Waals surface area (Å²) in [5.74, 6) is -0.0573. The van der Waals surface area contributed by atoms with Crippen LogP contribution in [-0.2, 0) is 4.79 Å². The van der Waals surface area contributed by atoms with Crippen molar-refractivity contribution >= 4 is 22.7 Å². The largest absolute Gasteiger partial charge is 0.342 e. The highest BCUT2D eigenvalue weighted by atomic mass is 16.2. The fourth-order valence-corrected chi connectivity index (χ4v) is 3.26. The van der Waals surface area contributed by atoms with Crippen LogP contribution in [0.3, 0.4) is 0 Å². The highest BCUT2D eigenvalue weighted by Crippen LogP contribution is 2.22. The van der Waals surface area contributed by atoms with Crippen LogP contribution in [0.4, 0.5) is 0 Å². The summed E-state index contributed by atoms with van der Waals surface area (Å²) in [6.07, 6.45) is 4.35. The highest BCUT2D eigenvalue weighted by Gasteiger charge is 2.36. The number of pyridine rings is 1. The van der Waals surface area contributed by atoms with Crippen LogP contribution in [0, 0.1) is 0 Å². The van der Waals surface area contributed by atoms with Gasteiger partial charge in [-0.15, -0.1) is 0 Å². The smallest absolute Gasteiger partial charge is 0.256 e. The van der Waals surface area contributed by atoms with E-state index >= 15 is 0 Å². The van der Waals surface area contributed by atoms with Gasteiger partial charge in [0, 0.05) is 31.7 Å². The summed E-state index contributed by atoms with van der Waals surface area (Å²) in [6, 6.07) is 9.06. The van der Waals surface area contributed by atoms with E-state index in [1.807, 2.05) is 31.3 Å². The molecule has 1 atom stereocenters. The van der Waals surface area contributed by atoms with Gasteiger partial charge < -0.3 is 9.80 Å². The standard InChI is InChI=1S/C19H23N3O2/c1-3-4-10-16-19(24)21(2)12-13-22(16)18(23)15-9-5-7-14-8-6-11-20-17(14)15/h5-9,11,16H,3-4,10,12-13H2,1-2H3/t16-/m0/s1. The molecule has 0 radical (unpaired) electrons. The molecule has 2 heterocycles. The molecule has 0 spiro atoms. The topological polar surface area (TPSA) is 53.5 Å². The summed E-state index contributed by atoms with van der Waals surface area (Å²) < 4.78 is 0. The van der Waals surface area contributed by atoms with E-state index < -0.39 is 0 Å². The zero-order valence-corrected chi connectivity index (χ0v) is 14.2. The number of nitrogens with zero attached hydrogens (tertiary/aromatic N) is 3. The maximum atomic E-state index is 13.2. The molecular formula is C19H23N3O2. The fraction of sp³-hybridized carbons (Fsp3) is 0.421. The zero-order chi connectivity index (χ0) is 17.1. The van der Waals surface area contributed by atoms with Crippen LogP contribution < -0.4 is 0 Å². The van der Waals surface area contributed by atoms with Crippen molar-refractivity contribution in [1.82, 2.24) is 14.8 Å². The van der Waals surface area contributed by atoms with Gasteiger partial charge >= 0.3 is 0 Å². The molecule has 0 bridgehead atoms. The summed E-state index contributed by atoms with van der Waals surface area (Å²) in [5.41, 5.74) is 1.28. The predicted molar refractivity (Wildman–Crippen MR) is 93.7 cm³/mol. The number of hydrogen-bond acceptors (Lipinski definition) is 3. The van der Waals surface area contributed by atoms with Gasteiger partial charge in [-0.3, -0.25) is 14.6 Å². The minimum atomic E-state index is -0.366. The van der Waals surface area contributed by atoms with Crippen LogP contribution in [0.5, 0.6) is 0 Å². The number of piperazine rings is 1. The van der Waals surface area contributed by atoms with Gasteiger partial charge in [-0.05, 0) is 18.6 Å². The molecular weight excluding hydrogens is 302 g/mol. The van der Waals surface area contributed by atoms with E-state index in [-0.39, 0.29) is 17.9 Å². The number of carbonyl (C=O) groups is 2. The van der Waals surface area contributed by atoms with Crippen LogP contribution in [-0.4, -0.2) is 52.8 Å². The molecule has 0 aliphatic carbocycles. The molecule has 5 heteroatoms. The normalized spacial score (nSPS) is 18.2. The van der Waals surface area contributed by atoms with Crippen molar-refractivity contribution in [2.24, 2.45) is 0 Å². The van der Waals surface area contributed by atoms with Gasteiger partial charge in [-0.2, -0.15) is 0 Å². The average Bonchev–Trinajstić information content (AvgIpc) is 2.62. The highest BCUT2D eigenvalue weighted by molar-refractivity contribution is 6.07. The van der Waals surface area contributed by atoms with Crippen molar-refractivity contribution in [1.29, 1.82) is 0 Å². The summed E-state index contributed by atoms with van der Waals surface area (Å²) in [4.78, 5) is 33.6. The fourth-order valence-electron chi connectivity index (χ4n) is 3.26. The summed E-state index contributed by atoms with van der Waals surface area (Å²) in [6.45, 7) is 3.24. The second kappa shape index (κ2) is 6.99. The Morgan fingerprint density at radius 2 is 2.04 bits per heavy atom. The number of likely N-dealkylation sites (N-methyl/N-ethyl adjacent to an activating group) is 1. The maximum Gasteiger partial charge on any atom is 0.256 e. The Hall–Kier alpha value is -2.43. The molecule has 3 rings (SSSR count). The Labute approximate surface area is 142 Å². The molecule has 1 aromatic carbocycles. The van der Waals surface area contributed by atoms with Gasteiger partial charge in [0.05, 0.1) is 11.1 Å². The second-order valence-corrected chi connectivity index (χ2v) is 6.30. The van der Waals surface area contributed by atoms with Crippen molar-refractivity contribution in [3.8, 4) is 0 Å². The SMILES string of the molecule is CCCC[C@H]1C(=O)N(C)CCN1C(=O)c1cccc2cccnc12. The molecule has 0 unspecified atom stereocenters. The summed E-state index contributed by atoms with van der Waals surface area (Å²) in [7, 11) is 1.81. The number of para-hydroxylation sites is 1. The van der Waals surface area contributed by atoms with Crippen molar-refractivity contribution < 1.29 is 9.59 Å². The van der Waals surface area contributed by atoms with Crippen LogP contribution in [0.25, 0.3) is 10.9 Å². The number of aromatic nitrogens is 1. The molecule has 126 valence electrons. The third-order valence-corrected chi connectivity index (χ3v) is 4.67. The first kappa shape index (κ1) is 16.4. The van der Waals surface area contributed by atoms with Gasteiger partial charge in [0.1, 0.15) is 6.04 Å². The molecule has 1 fully saturated rings. The van der Waals surface area contributed by atoms with E-state index in [4.69, 9.17) is 0 Å². The van der Waals surface area contributed by atoms with Crippen LogP contribution in [0.1, 0.15) is 36.5 Å². The number of benzene rings is 1. The van der Waals surface area contributed by atoms with Gasteiger partial charge in [0.2, 0.25) is 5.91 Å². The lowest BCUT2D eigenvalue weighted by molar-refractivity contribution is -0.138. The molecule has 1 aromatic heterocycles. The number of amides is 2. The predicted octanol–water partition coefficient (Wildman–Crippen LogP) is 2.71. The lowest BCUT2D eigenvalue weighted by Gasteiger charge is -2.39. The van der Waals surface area contributed by atoms with Gasteiger partial charge in [0.25, 0.3) is 5.91 Å². The van der Waals surface area contributed by atoms with Crippen molar-refractivity contribution in [3.05, 3.63) is 42.1 Å². The lowest BCUT2D eigenvalue weighted by atomic mass is 10.0. The molecule has 0 N–H and O–H groups in total. The third-order valence-electron chi connectivity index (χ3n) is 4.67. The first-order valence-electron chi connectivity index (χ1n) is 8.53. The number of hydrogen-bond donors (Lipinski definition) is 0. The monoisotopic (exact) mass is 325 g/mol. The van der Waals surface area contributed by atoms with Gasteiger partial charge in [-0.25, -0.2) is 0 Å². The molecule has 1 saturated heterocycles. The zero-order valence-electron chi connectivity index (χ0n) is 14.2. The Balaban J connectivity index is 1.95.